The van der Waals surface area contributed by atoms with Gasteiger partial charge in [-0.05, 0) is 102 Å². The van der Waals surface area contributed by atoms with E-state index in [1.807, 2.05) is 23.0 Å². The number of hydrogen-bond acceptors (Lipinski definition) is 4. The van der Waals surface area contributed by atoms with Crippen molar-refractivity contribution in [2.24, 2.45) is 5.92 Å². The number of nitrogens with one attached hydrogen (secondary N) is 2. The quantitative estimate of drug-likeness (QED) is 0.291. The van der Waals surface area contributed by atoms with Crippen LogP contribution in [-0.2, 0) is 24.2 Å². The number of halogens is 2. The predicted molar refractivity (Wildman–Crippen MR) is 171 cm³/mol. The number of fused-ring (bicyclic) bond motifs is 2. The Kier molecular flexibility index (Phi) is 9.67. The molecule has 3 aliphatic rings. The molecule has 1 saturated heterocycles. The van der Waals surface area contributed by atoms with Crippen molar-refractivity contribution in [3.8, 4) is 0 Å². The maximum Gasteiger partial charge on any atom is 0.318 e. The third-order valence-electron chi connectivity index (χ3n) is 9.43. The zero-order chi connectivity index (χ0) is 29.8. The third-order valence-corrected chi connectivity index (χ3v) is 10.1. The smallest absolute Gasteiger partial charge is 0.318 e. The van der Waals surface area contributed by atoms with E-state index in [0.717, 1.165) is 73.1 Å². The van der Waals surface area contributed by atoms with Crippen molar-refractivity contribution in [3.63, 3.8) is 0 Å². The molecule has 2 N–H and O–H groups in total. The number of nitrogens with zero attached hydrogens (tertiary/aromatic N) is 4. The summed E-state index contributed by atoms with van der Waals surface area (Å²) in [6.07, 6.45) is 16.8. The Morgan fingerprint density at radius 3 is 2.72 bits per heavy atom. The largest absolute Gasteiger partial charge is 0.354 e. The van der Waals surface area contributed by atoms with Crippen LogP contribution >= 0.6 is 27.5 Å². The summed E-state index contributed by atoms with van der Waals surface area (Å²) >= 11 is 10.1. The minimum absolute atomic E-state index is 0.0259. The number of rotatable bonds is 7. The fourth-order valence-corrected chi connectivity index (χ4v) is 7.84. The Hall–Kier alpha value is -2.91. The van der Waals surface area contributed by atoms with Crippen molar-refractivity contribution in [1.82, 2.24) is 30.1 Å². The number of aromatic nitrogens is 3. The summed E-state index contributed by atoms with van der Waals surface area (Å²) in [6, 6.07) is 7.91. The fourth-order valence-electron chi connectivity index (χ4n) is 7.26. The van der Waals surface area contributed by atoms with Crippen LogP contribution in [0.3, 0.4) is 0 Å². The van der Waals surface area contributed by atoms with Gasteiger partial charge in [0.15, 0.2) is 0 Å². The van der Waals surface area contributed by atoms with Crippen LogP contribution in [0.15, 0.2) is 53.7 Å². The molecule has 3 atom stereocenters. The molecule has 1 saturated carbocycles. The molecule has 3 heterocycles. The van der Waals surface area contributed by atoms with E-state index in [0.29, 0.717) is 19.5 Å². The first kappa shape index (κ1) is 30.1. The fraction of sp³-hybridized carbons (Fsp3) is 0.515. The van der Waals surface area contributed by atoms with Gasteiger partial charge in [-0.2, -0.15) is 0 Å². The molecule has 228 valence electrons. The highest BCUT2D eigenvalue weighted by Crippen LogP contribution is 2.44. The molecule has 1 aliphatic heterocycles. The van der Waals surface area contributed by atoms with E-state index in [9.17, 15) is 9.59 Å². The van der Waals surface area contributed by atoms with Crippen LogP contribution in [0.4, 0.5) is 4.79 Å². The van der Waals surface area contributed by atoms with E-state index in [1.54, 1.807) is 17.4 Å². The van der Waals surface area contributed by atoms with E-state index in [1.165, 1.54) is 23.1 Å². The van der Waals surface area contributed by atoms with Crippen molar-refractivity contribution in [2.45, 2.75) is 88.8 Å². The number of imidazole rings is 1. The highest BCUT2D eigenvalue weighted by Gasteiger charge is 2.42. The number of amides is 3. The average molecular weight is 668 g/mol. The molecule has 0 radical (unpaired) electrons. The second-order valence-corrected chi connectivity index (χ2v) is 13.6. The Bertz CT molecular complexity index is 1370. The van der Waals surface area contributed by atoms with Crippen LogP contribution < -0.4 is 10.6 Å². The number of carbonyl (C=O) groups is 2. The SMILES string of the molecule is O=C(NCCCn1ccnc1)C1CC([C@H]2c3ccc(Cl)cc3CCc3cc(Br)cnc32)CCN1C(=O)NC1CCCCC1. The van der Waals surface area contributed by atoms with Gasteiger partial charge >= 0.3 is 6.03 Å². The molecule has 3 amide bonds. The number of benzene rings is 1. The van der Waals surface area contributed by atoms with Crippen molar-refractivity contribution >= 4 is 39.5 Å². The van der Waals surface area contributed by atoms with Crippen LogP contribution in [0.2, 0.25) is 5.02 Å². The predicted octanol–water partition coefficient (Wildman–Crippen LogP) is 6.25. The molecule has 2 fully saturated rings. The topological polar surface area (TPSA) is 92.2 Å². The Morgan fingerprint density at radius 1 is 1.07 bits per heavy atom. The first-order valence-corrected chi connectivity index (χ1v) is 16.9. The summed E-state index contributed by atoms with van der Waals surface area (Å²) < 4.78 is 2.97. The number of piperidine rings is 1. The molecule has 1 aromatic carbocycles. The minimum atomic E-state index is -0.548. The van der Waals surface area contributed by atoms with Gasteiger partial charge in [-0.15, -0.1) is 0 Å². The van der Waals surface area contributed by atoms with Crippen molar-refractivity contribution in [1.29, 1.82) is 0 Å². The van der Waals surface area contributed by atoms with Gasteiger partial charge in [-0.25, -0.2) is 9.78 Å². The van der Waals surface area contributed by atoms with Crippen LogP contribution in [0.25, 0.3) is 0 Å². The van der Waals surface area contributed by atoms with Crippen molar-refractivity contribution < 1.29 is 9.59 Å². The molecule has 3 aromatic rings. The van der Waals surface area contributed by atoms with E-state index < -0.39 is 6.04 Å². The summed E-state index contributed by atoms with van der Waals surface area (Å²) in [5.41, 5.74) is 4.78. The molecular weight excluding hydrogens is 628 g/mol. The van der Waals surface area contributed by atoms with E-state index in [-0.39, 0.29) is 29.8 Å². The standard InChI is InChI=1S/C33H40BrClN6O2/c34-25-17-24-8-7-22-18-26(35)9-10-28(22)30(31(24)38-20-25)23-11-15-41(33(43)39-27-5-2-1-3-6-27)29(19-23)32(42)37-12-4-14-40-16-13-36-21-40/h9-10,13,16-18,20-21,23,27,29-30H,1-8,11-12,14-15,19H2,(H,37,42)(H,39,43)/t23?,29?,30-/m0/s1. The highest BCUT2D eigenvalue weighted by molar-refractivity contribution is 9.10. The molecule has 2 aromatic heterocycles. The lowest BCUT2D eigenvalue weighted by Crippen LogP contribution is -2.58. The maximum absolute atomic E-state index is 13.9. The first-order valence-electron chi connectivity index (χ1n) is 15.7. The lowest BCUT2D eigenvalue weighted by Gasteiger charge is -2.42. The van der Waals surface area contributed by atoms with Crippen LogP contribution in [0.5, 0.6) is 0 Å². The monoisotopic (exact) mass is 666 g/mol. The molecule has 2 unspecified atom stereocenters. The van der Waals surface area contributed by atoms with Gasteiger partial charge in [0, 0.05) is 59.7 Å². The number of aryl methyl sites for hydroxylation is 3. The second-order valence-electron chi connectivity index (χ2n) is 12.2. The number of pyridine rings is 1. The number of carbonyl (C=O) groups excluding carboxylic acids is 2. The zero-order valence-electron chi connectivity index (χ0n) is 24.5. The van der Waals surface area contributed by atoms with Gasteiger partial charge in [0.2, 0.25) is 5.91 Å². The van der Waals surface area contributed by atoms with Gasteiger partial charge in [0.1, 0.15) is 6.04 Å². The summed E-state index contributed by atoms with van der Waals surface area (Å²) in [4.78, 5) is 38.4. The summed E-state index contributed by atoms with van der Waals surface area (Å²) in [7, 11) is 0. The summed E-state index contributed by atoms with van der Waals surface area (Å²) in [6.45, 7) is 1.85. The van der Waals surface area contributed by atoms with Crippen LogP contribution in [0.1, 0.15) is 79.7 Å². The van der Waals surface area contributed by atoms with Gasteiger partial charge in [-0.3, -0.25) is 9.78 Å². The Labute approximate surface area is 267 Å². The summed E-state index contributed by atoms with van der Waals surface area (Å²) in [5.74, 6) is 0.0897. The number of hydrogen-bond donors (Lipinski definition) is 2. The molecule has 0 spiro atoms. The molecule has 0 bridgehead atoms. The minimum Gasteiger partial charge on any atom is -0.354 e. The zero-order valence-corrected chi connectivity index (χ0v) is 26.8. The lowest BCUT2D eigenvalue weighted by molar-refractivity contribution is -0.127. The highest BCUT2D eigenvalue weighted by atomic mass is 79.9. The van der Waals surface area contributed by atoms with Gasteiger partial charge in [0.05, 0.1) is 12.0 Å². The van der Waals surface area contributed by atoms with Gasteiger partial charge in [-0.1, -0.05) is 36.9 Å². The van der Waals surface area contributed by atoms with Crippen molar-refractivity contribution in [3.05, 3.63) is 81.1 Å². The van der Waals surface area contributed by atoms with Gasteiger partial charge < -0.3 is 20.1 Å². The molecular formula is C33H40BrClN6O2. The molecule has 6 rings (SSSR count). The number of urea groups is 1. The summed E-state index contributed by atoms with van der Waals surface area (Å²) in [5, 5.41) is 7.17. The van der Waals surface area contributed by atoms with E-state index in [2.05, 4.69) is 49.7 Å². The van der Waals surface area contributed by atoms with E-state index >= 15 is 0 Å². The molecule has 43 heavy (non-hydrogen) atoms. The maximum atomic E-state index is 13.9. The third kappa shape index (κ3) is 7.09. The second kappa shape index (κ2) is 13.8. The number of likely N-dealkylation sites (tertiary alicyclic amines) is 1. The molecule has 8 nitrogen and oxygen atoms in total. The Morgan fingerprint density at radius 2 is 1.91 bits per heavy atom. The Balaban J connectivity index is 1.25. The van der Waals surface area contributed by atoms with Crippen LogP contribution in [0, 0.1) is 5.92 Å². The lowest BCUT2D eigenvalue weighted by atomic mass is 9.74. The molecule has 2 aliphatic carbocycles. The first-order chi connectivity index (χ1) is 21.0. The van der Waals surface area contributed by atoms with E-state index in [4.69, 9.17) is 16.6 Å². The molecule has 10 heteroatoms. The normalized spacial score (nSPS) is 22.3. The van der Waals surface area contributed by atoms with Crippen molar-refractivity contribution in [2.75, 3.05) is 13.1 Å². The average Bonchev–Trinajstić information content (AvgIpc) is 3.48. The van der Waals surface area contributed by atoms with Crippen LogP contribution in [-0.4, -0.2) is 56.5 Å². The van der Waals surface area contributed by atoms with Gasteiger partial charge in [0.25, 0.3) is 0 Å².